The first kappa shape index (κ1) is 13.5. The second-order valence-corrected chi connectivity index (χ2v) is 4.77. The fraction of sp³-hybridized carbons (Fsp3) is 0.857. The highest BCUT2D eigenvalue weighted by molar-refractivity contribution is 4.90. The summed E-state index contributed by atoms with van der Waals surface area (Å²) in [5.41, 5.74) is 0. The zero-order valence-corrected chi connectivity index (χ0v) is 10.7. The van der Waals surface area contributed by atoms with Crippen LogP contribution in [-0.2, 0) is 0 Å². The second kappa shape index (κ2) is 8.61. The Kier molecular flexibility index (Phi) is 7.29. The fourth-order valence-electron chi connectivity index (χ4n) is 2.28. The molecule has 2 heteroatoms. The monoisotopic (exact) mass is 222 g/mol. The smallest absolute Gasteiger partial charge is 0.0598 e. The molecule has 1 fully saturated rings. The summed E-state index contributed by atoms with van der Waals surface area (Å²) < 4.78 is 0. The number of terminal acetylenes is 1. The number of hydrogen-bond acceptors (Lipinski definition) is 2. The lowest BCUT2D eigenvalue weighted by Crippen LogP contribution is -2.42. The average molecular weight is 222 g/mol. The van der Waals surface area contributed by atoms with Gasteiger partial charge in [-0.1, -0.05) is 32.1 Å². The minimum Gasteiger partial charge on any atom is -0.314 e. The van der Waals surface area contributed by atoms with Crippen LogP contribution in [0.25, 0.3) is 0 Å². The Bertz CT molecular complexity index is 199. The summed E-state index contributed by atoms with van der Waals surface area (Å²) in [5, 5.41) is 3.66. The highest BCUT2D eigenvalue weighted by atomic mass is 15.1. The lowest BCUT2D eigenvalue weighted by atomic mass is 10.0. The zero-order chi connectivity index (χ0) is 11.6. The van der Waals surface area contributed by atoms with Crippen LogP contribution < -0.4 is 5.32 Å². The van der Waals surface area contributed by atoms with Gasteiger partial charge < -0.3 is 5.32 Å². The van der Waals surface area contributed by atoms with Gasteiger partial charge in [0.05, 0.1) is 6.54 Å². The molecule has 1 saturated heterocycles. The van der Waals surface area contributed by atoms with E-state index in [9.17, 15) is 0 Å². The normalized spacial score (nSPS) is 18.5. The van der Waals surface area contributed by atoms with Crippen LogP contribution in [0.15, 0.2) is 0 Å². The van der Waals surface area contributed by atoms with E-state index in [2.05, 4.69) is 23.1 Å². The molecule has 16 heavy (non-hydrogen) atoms. The van der Waals surface area contributed by atoms with Gasteiger partial charge in [0.25, 0.3) is 0 Å². The van der Waals surface area contributed by atoms with Crippen molar-refractivity contribution < 1.29 is 0 Å². The number of rotatable bonds is 7. The summed E-state index contributed by atoms with van der Waals surface area (Å²) in [4.78, 5) is 2.37. The molecule has 0 aromatic rings. The van der Waals surface area contributed by atoms with Crippen molar-refractivity contribution in [3.8, 4) is 12.3 Å². The van der Waals surface area contributed by atoms with Crippen molar-refractivity contribution >= 4 is 0 Å². The number of likely N-dealkylation sites (tertiary alicyclic amines) is 1. The highest BCUT2D eigenvalue weighted by Gasteiger charge is 2.17. The molecule has 0 saturated carbocycles. The molecule has 0 atom stereocenters. The van der Waals surface area contributed by atoms with Crippen molar-refractivity contribution in [3.63, 3.8) is 0 Å². The van der Waals surface area contributed by atoms with Gasteiger partial charge in [0.1, 0.15) is 0 Å². The maximum Gasteiger partial charge on any atom is 0.0598 e. The van der Waals surface area contributed by atoms with E-state index in [0.717, 1.165) is 25.7 Å². The third-order valence-corrected chi connectivity index (χ3v) is 3.37. The van der Waals surface area contributed by atoms with Gasteiger partial charge in [0.2, 0.25) is 0 Å². The SMILES string of the molecule is C#CCN1CCC(NCCCCCC)CC1. The van der Waals surface area contributed by atoms with Crippen molar-refractivity contribution in [2.24, 2.45) is 0 Å². The molecule has 0 spiro atoms. The molecular formula is C14H26N2. The van der Waals surface area contributed by atoms with Crippen LogP contribution in [0.5, 0.6) is 0 Å². The van der Waals surface area contributed by atoms with E-state index in [1.807, 2.05) is 0 Å². The zero-order valence-electron chi connectivity index (χ0n) is 10.7. The number of unbranched alkanes of at least 4 members (excludes halogenated alkanes) is 3. The molecule has 0 aromatic heterocycles. The first-order valence-corrected chi connectivity index (χ1v) is 6.76. The van der Waals surface area contributed by atoms with Gasteiger partial charge in [-0.25, -0.2) is 0 Å². The third kappa shape index (κ3) is 5.53. The van der Waals surface area contributed by atoms with Gasteiger partial charge in [-0.2, -0.15) is 0 Å². The number of nitrogens with zero attached hydrogens (tertiary/aromatic N) is 1. The molecule has 0 amide bonds. The van der Waals surface area contributed by atoms with Gasteiger partial charge in [0, 0.05) is 19.1 Å². The largest absolute Gasteiger partial charge is 0.314 e. The van der Waals surface area contributed by atoms with Crippen LogP contribution in [0.2, 0.25) is 0 Å². The number of nitrogens with one attached hydrogen (secondary N) is 1. The molecule has 0 radical (unpaired) electrons. The minimum absolute atomic E-state index is 0.732. The lowest BCUT2D eigenvalue weighted by molar-refractivity contribution is 0.218. The Morgan fingerprint density at radius 2 is 2.00 bits per heavy atom. The summed E-state index contributed by atoms with van der Waals surface area (Å²) in [6.07, 6.45) is 13.2. The first-order chi connectivity index (χ1) is 7.86. The summed E-state index contributed by atoms with van der Waals surface area (Å²) in [6, 6.07) is 0.732. The number of hydrogen-bond donors (Lipinski definition) is 1. The predicted molar refractivity (Wildman–Crippen MR) is 70.4 cm³/mol. The molecule has 1 N–H and O–H groups in total. The maximum atomic E-state index is 5.31. The quantitative estimate of drug-likeness (QED) is 0.525. The molecule has 1 aliphatic rings. The molecule has 1 aliphatic heterocycles. The van der Waals surface area contributed by atoms with E-state index in [4.69, 9.17) is 6.42 Å². The second-order valence-electron chi connectivity index (χ2n) is 4.77. The van der Waals surface area contributed by atoms with Gasteiger partial charge in [-0.15, -0.1) is 6.42 Å². The average Bonchev–Trinajstić information content (AvgIpc) is 2.31. The van der Waals surface area contributed by atoms with Crippen molar-refractivity contribution in [1.29, 1.82) is 0 Å². The Hall–Kier alpha value is -0.520. The van der Waals surface area contributed by atoms with Crippen LogP contribution in [0.3, 0.4) is 0 Å². The molecule has 0 bridgehead atoms. The van der Waals surface area contributed by atoms with Crippen LogP contribution in [-0.4, -0.2) is 37.1 Å². The maximum absolute atomic E-state index is 5.31. The molecule has 92 valence electrons. The van der Waals surface area contributed by atoms with Crippen molar-refractivity contribution in [3.05, 3.63) is 0 Å². The van der Waals surface area contributed by atoms with Crippen LogP contribution in [0.4, 0.5) is 0 Å². The van der Waals surface area contributed by atoms with Crippen molar-refractivity contribution in [2.75, 3.05) is 26.2 Å². The Morgan fingerprint density at radius 1 is 1.25 bits per heavy atom. The number of piperidine rings is 1. The van der Waals surface area contributed by atoms with E-state index in [-0.39, 0.29) is 0 Å². The summed E-state index contributed by atoms with van der Waals surface area (Å²) in [5.74, 6) is 2.72. The van der Waals surface area contributed by atoms with Crippen molar-refractivity contribution in [2.45, 2.75) is 51.5 Å². The van der Waals surface area contributed by atoms with Crippen molar-refractivity contribution in [1.82, 2.24) is 10.2 Å². The van der Waals surface area contributed by atoms with Gasteiger partial charge in [-0.05, 0) is 25.8 Å². The fourth-order valence-corrected chi connectivity index (χ4v) is 2.28. The standard InChI is InChI=1S/C14H26N2/c1-3-5-6-7-10-15-14-8-12-16(11-4-2)13-9-14/h2,14-15H,3,5-13H2,1H3. The Labute approximate surface area is 101 Å². The van der Waals surface area contributed by atoms with Crippen LogP contribution in [0.1, 0.15) is 45.4 Å². The van der Waals surface area contributed by atoms with Crippen LogP contribution >= 0.6 is 0 Å². The van der Waals surface area contributed by atoms with Gasteiger partial charge >= 0.3 is 0 Å². The molecule has 1 rings (SSSR count). The van der Waals surface area contributed by atoms with Gasteiger partial charge in [0.15, 0.2) is 0 Å². The van der Waals surface area contributed by atoms with E-state index >= 15 is 0 Å². The van der Waals surface area contributed by atoms with Gasteiger partial charge in [-0.3, -0.25) is 4.90 Å². The van der Waals surface area contributed by atoms with E-state index in [1.165, 1.54) is 45.1 Å². The van der Waals surface area contributed by atoms with E-state index < -0.39 is 0 Å². The summed E-state index contributed by atoms with van der Waals surface area (Å²) in [7, 11) is 0. The van der Waals surface area contributed by atoms with Crippen LogP contribution in [0, 0.1) is 12.3 Å². The third-order valence-electron chi connectivity index (χ3n) is 3.37. The highest BCUT2D eigenvalue weighted by Crippen LogP contribution is 2.09. The minimum atomic E-state index is 0.732. The lowest BCUT2D eigenvalue weighted by Gasteiger charge is -2.31. The van der Waals surface area contributed by atoms with E-state index in [0.29, 0.717) is 0 Å². The predicted octanol–water partition coefficient (Wildman–Crippen LogP) is 2.25. The molecule has 0 aromatic carbocycles. The molecular weight excluding hydrogens is 196 g/mol. The first-order valence-electron chi connectivity index (χ1n) is 6.76. The molecule has 0 unspecified atom stereocenters. The Balaban J connectivity index is 1.98. The topological polar surface area (TPSA) is 15.3 Å². The molecule has 0 aliphatic carbocycles. The Morgan fingerprint density at radius 3 is 2.62 bits per heavy atom. The molecule has 1 heterocycles. The molecule has 2 nitrogen and oxygen atoms in total. The van der Waals surface area contributed by atoms with E-state index in [1.54, 1.807) is 0 Å². The summed E-state index contributed by atoms with van der Waals surface area (Å²) in [6.45, 7) is 6.60. The summed E-state index contributed by atoms with van der Waals surface area (Å²) >= 11 is 0.